The number of carboxylic acid groups (broad SMARTS) is 1. The Labute approximate surface area is 124 Å². The van der Waals surface area contributed by atoms with Crippen molar-refractivity contribution in [3.8, 4) is 0 Å². The van der Waals surface area contributed by atoms with Crippen molar-refractivity contribution >= 4 is 5.97 Å². The first kappa shape index (κ1) is 14.5. The highest BCUT2D eigenvalue weighted by Gasteiger charge is 2.31. The lowest BCUT2D eigenvalue weighted by atomic mass is 9.95. The van der Waals surface area contributed by atoms with Gasteiger partial charge in [0.05, 0.1) is 11.8 Å². The molecule has 1 aromatic rings. The second-order valence-corrected chi connectivity index (χ2v) is 6.08. The Morgan fingerprint density at radius 2 is 2.00 bits per heavy atom. The van der Waals surface area contributed by atoms with Gasteiger partial charge < -0.3 is 19.7 Å². The highest BCUT2D eigenvalue weighted by Crippen LogP contribution is 2.31. The molecular formula is C15H23N3O3. The summed E-state index contributed by atoms with van der Waals surface area (Å²) >= 11 is 0. The summed E-state index contributed by atoms with van der Waals surface area (Å²) < 4.78 is 2.06. The zero-order valence-electron chi connectivity index (χ0n) is 12.5. The van der Waals surface area contributed by atoms with Gasteiger partial charge in [0.2, 0.25) is 0 Å². The molecule has 0 amide bonds. The lowest BCUT2D eigenvalue weighted by molar-refractivity contribution is 0.0687. The molecule has 1 fully saturated rings. The largest absolute Gasteiger partial charge is 0.476 e. The number of aliphatic hydroxyl groups is 1. The first-order chi connectivity index (χ1) is 10.1. The molecular weight excluding hydrogens is 270 g/mol. The van der Waals surface area contributed by atoms with Gasteiger partial charge in [-0.05, 0) is 38.9 Å². The number of aliphatic hydroxyl groups excluding tert-OH is 1. The fourth-order valence-electron chi connectivity index (χ4n) is 3.56. The monoisotopic (exact) mass is 293 g/mol. The molecule has 0 aromatic carbocycles. The smallest absolute Gasteiger partial charge is 0.356 e. The fraction of sp³-hybridized carbons (Fsp3) is 0.733. The summed E-state index contributed by atoms with van der Waals surface area (Å²) in [6.45, 7) is 6.02. The quantitative estimate of drug-likeness (QED) is 0.872. The predicted molar refractivity (Wildman–Crippen MR) is 77.6 cm³/mol. The van der Waals surface area contributed by atoms with Crippen LogP contribution in [-0.4, -0.2) is 56.4 Å². The molecule has 21 heavy (non-hydrogen) atoms. The topological polar surface area (TPSA) is 78.6 Å². The minimum atomic E-state index is -0.981. The van der Waals surface area contributed by atoms with Crippen molar-refractivity contribution in [2.75, 3.05) is 19.6 Å². The molecule has 116 valence electrons. The summed E-state index contributed by atoms with van der Waals surface area (Å²) in [6.07, 6.45) is 2.71. The number of rotatable bonds is 3. The molecule has 1 saturated heterocycles. The van der Waals surface area contributed by atoms with Crippen molar-refractivity contribution < 1.29 is 15.0 Å². The summed E-state index contributed by atoms with van der Waals surface area (Å²) in [4.78, 5) is 18.3. The first-order valence-electron chi connectivity index (χ1n) is 7.83. The van der Waals surface area contributed by atoms with Crippen LogP contribution < -0.4 is 0 Å². The van der Waals surface area contributed by atoms with Crippen LogP contribution in [0.1, 0.15) is 54.1 Å². The normalized spacial score (nSPS) is 24.0. The van der Waals surface area contributed by atoms with Gasteiger partial charge in [-0.1, -0.05) is 6.92 Å². The molecule has 1 unspecified atom stereocenters. The molecule has 2 aliphatic rings. The molecule has 0 spiro atoms. The van der Waals surface area contributed by atoms with Crippen LogP contribution in [0.25, 0.3) is 0 Å². The Morgan fingerprint density at radius 3 is 2.62 bits per heavy atom. The van der Waals surface area contributed by atoms with E-state index in [1.54, 1.807) is 0 Å². The molecule has 0 aliphatic carbocycles. The molecule has 6 heteroatoms. The minimum absolute atomic E-state index is 0.140. The number of carbonyl (C=O) groups is 1. The van der Waals surface area contributed by atoms with Crippen LogP contribution in [0, 0.1) is 0 Å². The summed E-state index contributed by atoms with van der Waals surface area (Å²) in [5, 5.41) is 19.2. The van der Waals surface area contributed by atoms with Crippen LogP contribution in [0.3, 0.4) is 0 Å². The molecule has 0 radical (unpaired) electrons. The van der Waals surface area contributed by atoms with Gasteiger partial charge in [0.25, 0.3) is 0 Å². The lowest BCUT2D eigenvalue weighted by Crippen LogP contribution is -2.34. The van der Waals surface area contributed by atoms with E-state index >= 15 is 0 Å². The number of imidazole rings is 1. The van der Waals surface area contributed by atoms with Crippen molar-refractivity contribution in [2.45, 2.75) is 51.2 Å². The van der Waals surface area contributed by atoms with Crippen LogP contribution in [0.2, 0.25) is 0 Å². The van der Waals surface area contributed by atoms with E-state index < -0.39 is 12.1 Å². The van der Waals surface area contributed by atoms with E-state index in [9.17, 15) is 15.0 Å². The zero-order valence-corrected chi connectivity index (χ0v) is 12.5. The van der Waals surface area contributed by atoms with E-state index in [-0.39, 0.29) is 5.69 Å². The van der Waals surface area contributed by atoms with Crippen molar-refractivity contribution in [3.63, 3.8) is 0 Å². The SMILES string of the molecule is CCN1CCC(c2nc(C(=O)O)c3n2CCC(O)C3)CC1. The average Bonchev–Trinajstić information content (AvgIpc) is 2.86. The summed E-state index contributed by atoms with van der Waals surface area (Å²) in [6, 6.07) is 0. The maximum absolute atomic E-state index is 11.4. The van der Waals surface area contributed by atoms with Gasteiger partial charge in [-0.25, -0.2) is 9.78 Å². The van der Waals surface area contributed by atoms with Gasteiger partial charge in [0, 0.05) is 18.9 Å². The molecule has 0 saturated carbocycles. The van der Waals surface area contributed by atoms with Gasteiger partial charge in [-0.2, -0.15) is 0 Å². The Bertz CT molecular complexity index is 533. The molecule has 0 bridgehead atoms. The molecule has 6 nitrogen and oxygen atoms in total. The highest BCUT2D eigenvalue weighted by atomic mass is 16.4. The summed E-state index contributed by atoms with van der Waals surface area (Å²) in [7, 11) is 0. The Morgan fingerprint density at radius 1 is 1.29 bits per heavy atom. The highest BCUT2D eigenvalue weighted by molar-refractivity contribution is 5.87. The molecule has 1 atom stereocenters. The number of fused-ring (bicyclic) bond motifs is 1. The van der Waals surface area contributed by atoms with Gasteiger partial charge in [-0.3, -0.25) is 0 Å². The Kier molecular flexibility index (Phi) is 3.99. The maximum atomic E-state index is 11.4. The van der Waals surface area contributed by atoms with Gasteiger partial charge in [0.1, 0.15) is 5.82 Å². The summed E-state index contributed by atoms with van der Waals surface area (Å²) in [5.74, 6) is 0.282. The number of nitrogens with zero attached hydrogens (tertiary/aromatic N) is 3. The van der Waals surface area contributed by atoms with Gasteiger partial charge in [-0.15, -0.1) is 0 Å². The second-order valence-electron chi connectivity index (χ2n) is 6.08. The third kappa shape index (κ3) is 2.70. The molecule has 2 aliphatic heterocycles. The van der Waals surface area contributed by atoms with E-state index in [1.165, 1.54) is 0 Å². The minimum Gasteiger partial charge on any atom is -0.476 e. The fourth-order valence-corrected chi connectivity index (χ4v) is 3.56. The first-order valence-corrected chi connectivity index (χ1v) is 7.83. The Hall–Kier alpha value is -1.40. The third-order valence-corrected chi connectivity index (χ3v) is 4.82. The van der Waals surface area contributed by atoms with Crippen LogP contribution in [0.15, 0.2) is 0 Å². The van der Waals surface area contributed by atoms with Crippen LogP contribution in [0.4, 0.5) is 0 Å². The lowest BCUT2D eigenvalue weighted by Gasteiger charge is -2.31. The summed E-state index contributed by atoms with van der Waals surface area (Å²) in [5.41, 5.74) is 0.843. The van der Waals surface area contributed by atoms with E-state index in [0.717, 1.165) is 38.3 Å². The number of hydrogen-bond donors (Lipinski definition) is 2. The van der Waals surface area contributed by atoms with Crippen LogP contribution >= 0.6 is 0 Å². The zero-order chi connectivity index (χ0) is 15.0. The molecule has 1 aromatic heterocycles. The van der Waals surface area contributed by atoms with Gasteiger partial charge in [0.15, 0.2) is 5.69 Å². The molecule has 2 N–H and O–H groups in total. The number of likely N-dealkylation sites (tertiary alicyclic amines) is 1. The van der Waals surface area contributed by atoms with Gasteiger partial charge >= 0.3 is 5.97 Å². The third-order valence-electron chi connectivity index (χ3n) is 4.82. The van der Waals surface area contributed by atoms with E-state index in [0.29, 0.717) is 31.0 Å². The second kappa shape index (κ2) is 5.77. The number of piperidine rings is 1. The van der Waals surface area contributed by atoms with Crippen molar-refractivity contribution in [1.29, 1.82) is 0 Å². The van der Waals surface area contributed by atoms with Crippen molar-refractivity contribution in [1.82, 2.24) is 14.5 Å². The van der Waals surface area contributed by atoms with Crippen LogP contribution in [0.5, 0.6) is 0 Å². The van der Waals surface area contributed by atoms with E-state index in [2.05, 4.69) is 21.4 Å². The van der Waals surface area contributed by atoms with E-state index in [4.69, 9.17) is 0 Å². The Balaban J connectivity index is 1.89. The van der Waals surface area contributed by atoms with Crippen LogP contribution in [-0.2, 0) is 13.0 Å². The standard InChI is InChI=1S/C15H23N3O3/c1-2-17-6-3-10(4-7-17)14-16-13(15(20)21)12-9-11(19)5-8-18(12)14/h10-11,19H,2-9H2,1H3,(H,20,21). The average molecular weight is 293 g/mol. The van der Waals surface area contributed by atoms with Crippen molar-refractivity contribution in [2.24, 2.45) is 0 Å². The number of aromatic nitrogens is 2. The molecule has 3 heterocycles. The molecule has 3 rings (SSSR count). The number of carboxylic acids is 1. The predicted octanol–water partition coefficient (Wildman–Crippen LogP) is 1.09. The maximum Gasteiger partial charge on any atom is 0.356 e. The number of aromatic carboxylic acids is 1. The van der Waals surface area contributed by atoms with Crippen molar-refractivity contribution in [3.05, 3.63) is 17.2 Å². The van der Waals surface area contributed by atoms with E-state index in [1.807, 2.05) is 0 Å². The number of hydrogen-bond acceptors (Lipinski definition) is 4.